The van der Waals surface area contributed by atoms with E-state index >= 15 is 0 Å². The maximum absolute atomic E-state index is 10.8. The Kier molecular flexibility index (Phi) is 6.31. The van der Waals surface area contributed by atoms with E-state index in [0.29, 0.717) is 0 Å². The molecular weight excluding hydrogens is 262 g/mol. The van der Waals surface area contributed by atoms with Crippen LogP contribution in [-0.4, -0.2) is 34.4 Å². The number of unbranched alkanes of at least 4 members (excludes halogenated alkanes) is 1. The lowest BCUT2D eigenvalue weighted by Crippen LogP contribution is -2.24. The molecule has 0 unspecified atom stereocenters. The predicted molar refractivity (Wildman–Crippen MR) is 79.1 cm³/mol. The van der Waals surface area contributed by atoms with Gasteiger partial charge in [0, 0.05) is 18.8 Å². The van der Waals surface area contributed by atoms with Gasteiger partial charge in [0.2, 0.25) is 0 Å². The lowest BCUT2D eigenvalue weighted by Gasteiger charge is -2.23. The Labute approximate surface area is 116 Å². The van der Waals surface area contributed by atoms with Crippen LogP contribution in [0.15, 0.2) is 24.3 Å². The summed E-state index contributed by atoms with van der Waals surface area (Å²) in [5.74, 6) is 0. The van der Waals surface area contributed by atoms with E-state index in [1.54, 1.807) is 0 Å². The van der Waals surface area contributed by atoms with Crippen LogP contribution >= 0.6 is 0 Å². The van der Waals surface area contributed by atoms with Gasteiger partial charge in [0.25, 0.3) is 10.1 Å². The molecule has 0 spiro atoms. The Hall–Kier alpha value is -1.07. The molecule has 0 fully saturated rings. The topological polar surface area (TPSA) is 46.6 Å². The van der Waals surface area contributed by atoms with Crippen molar-refractivity contribution in [2.75, 3.05) is 30.9 Å². The fraction of sp³-hybridized carbons (Fsp3) is 0.571. The number of aryl methyl sites for hydroxylation is 1. The van der Waals surface area contributed by atoms with Crippen molar-refractivity contribution in [2.24, 2.45) is 0 Å². The normalized spacial score (nSPS) is 11.5. The van der Waals surface area contributed by atoms with Gasteiger partial charge >= 0.3 is 0 Å². The molecule has 1 aromatic rings. The zero-order valence-corrected chi connectivity index (χ0v) is 12.7. The average molecular weight is 285 g/mol. The molecule has 0 aliphatic carbocycles. The molecule has 0 saturated carbocycles. The highest BCUT2D eigenvalue weighted by atomic mass is 32.2. The molecule has 108 valence electrons. The van der Waals surface area contributed by atoms with Gasteiger partial charge in [-0.1, -0.05) is 12.1 Å². The van der Waals surface area contributed by atoms with Crippen molar-refractivity contribution in [3.05, 3.63) is 29.8 Å². The van der Waals surface area contributed by atoms with E-state index in [-0.39, 0.29) is 6.61 Å². The van der Waals surface area contributed by atoms with Crippen LogP contribution in [0.1, 0.15) is 25.3 Å². The van der Waals surface area contributed by atoms with Crippen LogP contribution in [0.5, 0.6) is 0 Å². The van der Waals surface area contributed by atoms with Gasteiger partial charge in [-0.25, -0.2) is 0 Å². The number of hydrogen-bond acceptors (Lipinski definition) is 4. The van der Waals surface area contributed by atoms with E-state index in [1.165, 1.54) is 11.3 Å². The van der Waals surface area contributed by atoms with Crippen LogP contribution in [0.2, 0.25) is 0 Å². The average Bonchev–Trinajstić information content (AvgIpc) is 2.32. The van der Waals surface area contributed by atoms with Crippen LogP contribution in [0.25, 0.3) is 0 Å². The Bertz CT molecular complexity index is 485. The molecule has 0 aromatic heterocycles. The molecule has 5 heteroatoms. The molecule has 19 heavy (non-hydrogen) atoms. The van der Waals surface area contributed by atoms with Crippen LogP contribution in [0, 0.1) is 6.92 Å². The van der Waals surface area contributed by atoms with Crippen LogP contribution in [-0.2, 0) is 14.3 Å². The lowest BCUT2D eigenvalue weighted by atomic mass is 10.2. The third-order valence-corrected chi connectivity index (χ3v) is 3.46. The van der Waals surface area contributed by atoms with Gasteiger partial charge in [0.05, 0.1) is 12.9 Å². The smallest absolute Gasteiger partial charge is 0.264 e. The molecule has 0 heterocycles. The second-order valence-corrected chi connectivity index (χ2v) is 6.30. The SMILES string of the molecule is CCN(CCCCOS(C)(=O)=O)c1cccc(C)c1. The summed E-state index contributed by atoms with van der Waals surface area (Å²) in [6.45, 7) is 6.32. The molecule has 0 aliphatic heterocycles. The summed E-state index contributed by atoms with van der Waals surface area (Å²) in [6, 6.07) is 8.40. The first-order chi connectivity index (χ1) is 8.92. The third kappa shape index (κ3) is 6.59. The fourth-order valence-electron chi connectivity index (χ4n) is 1.91. The van der Waals surface area contributed by atoms with Crippen LogP contribution < -0.4 is 4.90 Å². The first-order valence-electron chi connectivity index (χ1n) is 6.58. The fourth-order valence-corrected chi connectivity index (χ4v) is 2.33. The van der Waals surface area contributed by atoms with E-state index in [0.717, 1.165) is 32.2 Å². The summed E-state index contributed by atoms with van der Waals surface area (Å²) < 4.78 is 26.3. The highest BCUT2D eigenvalue weighted by molar-refractivity contribution is 7.85. The van der Waals surface area contributed by atoms with Gasteiger partial charge in [-0.15, -0.1) is 0 Å². The molecule has 4 nitrogen and oxygen atoms in total. The molecule has 0 amide bonds. The van der Waals surface area contributed by atoms with E-state index in [2.05, 4.69) is 43.0 Å². The molecular formula is C14H23NO3S. The summed E-state index contributed by atoms with van der Waals surface area (Å²) in [5, 5.41) is 0. The van der Waals surface area contributed by atoms with Gasteiger partial charge in [-0.2, -0.15) is 8.42 Å². The first-order valence-corrected chi connectivity index (χ1v) is 8.40. The predicted octanol–water partition coefficient (Wildman–Crippen LogP) is 2.58. The number of anilines is 1. The van der Waals surface area contributed by atoms with Crippen molar-refractivity contribution < 1.29 is 12.6 Å². The van der Waals surface area contributed by atoms with Gasteiger partial charge in [-0.3, -0.25) is 4.18 Å². The summed E-state index contributed by atoms with van der Waals surface area (Å²) >= 11 is 0. The summed E-state index contributed by atoms with van der Waals surface area (Å²) in [6.07, 6.45) is 2.74. The van der Waals surface area contributed by atoms with Gasteiger partial charge < -0.3 is 4.90 Å². The molecule has 0 atom stereocenters. The van der Waals surface area contributed by atoms with E-state index in [1.807, 2.05) is 0 Å². The van der Waals surface area contributed by atoms with Crippen molar-refractivity contribution in [3.8, 4) is 0 Å². The van der Waals surface area contributed by atoms with E-state index in [9.17, 15) is 8.42 Å². The highest BCUT2D eigenvalue weighted by Crippen LogP contribution is 2.16. The summed E-state index contributed by atoms with van der Waals surface area (Å²) in [5.41, 5.74) is 2.46. The van der Waals surface area contributed by atoms with Crippen molar-refractivity contribution in [1.82, 2.24) is 0 Å². The monoisotopic (exact) mass is 285 g/mol. The molecule has 1 aromatic carbocycles. The minimum atomic E-state index is -3.30. The Morgan fingerprint density at radius 2 is 2.00 bits per heavy atom. The van der Waals surface area contributed by atoms with E-state index < -0.39 is 10.1 Å². The molecule has 0 aliphatic rings. The molecule has 0 N–H and O–H groups in total. The number of hydrogen-bond donors (Lipinski definition) is 0. The molecule has 0 saturated heterocycles. The number of rotatable bonds is 8. The zero-order chi connectivity index (χ0) is 14.3. The second-order valence-electron chi connectivity index (χ2n) is 4.65. The van der Waals surface area contributed by atoms with Gasteiger partial charge in [0.15, 0.2) is 0 Å². The van der Waals surface area contributed by atoms with Crippen molar-refractivity contribution in [2.45, 2.75) is 26.7 Å². The number of nitrogens with zero attached hydrogens (tertiary/aromatic N) is 1. The zero-order valence-electron chi connectivity index (χ0n) is 11.9. The summed E-state index contributed by atoms with van der Waals surface area (Å²) in [4.78, 5) is 2.29. The number of benzene rings is 1. The molecule has 0 radical (unpaired) electrons. The highest BCUT2D eigenvalue weighted by Gasteiger charge is 2.05. The van der Waals surface area contributed by atoms with Crippen LogP contribution in [0.3, 0.4) is 0 Å². The summed E-state index contributed by atoms with van der Waals surface area (Å²) in [7, 11) is -3.30. The Balaban J connectivity index is 2.37. The Morgan fingerprint density at radius 1 is 1.26 bits per heavy atom. The molecule has 0 bridgehead atoms. The van der Waals surface area contributed by atoms with E-state index in [4.69, 9.17) is 4.18 Å². The largest absolute Gasteiger partial charge is 0.372 e. The molecule has 1 rings (SSSR count). The standard InChI is InChI=1S/C14H23NO3S/c1-4-15(14-9-7-8-13(2)12-14)10-5-6-11-18-19(3,16)17/h7-9,12H,4-6,10-11H2,1-3H3. The maximum atomic E-state index is 10.8. The van der Waals surface area contributed by atoms with Crippen LogP contribution in [0.4, 0.5) is 5.69 Å². The lowest BCUT2D eigenvalue weighted by molar-refractivity contribution is 0.312. The quantitative estimate of drug-likeness (QED) is 0.544. The Morgan fingerprint density at radius 3 is 2.58 bits per heavy atom. The maximum Gasteiger partial charge on any atom is 0.264 e. The van der Waals surface area contributed by atoms with Gasteiger partial charge in [-0.05, 0) is 44.4 Å². The first kappa shape index (κ1) is 16.0. The van der Waals surface area contributed by atoms with Gasteiger partial charge in [0.1, 0.15) is 0 Å². The van der Waals surface area contributed by atoms with Crippen molar-refractivity contribution >= 4 is 15.8 Å². The minimum absolute atomic E-state index is 0.268. The third-order valence-electron chi connectivity index (χ3n) is 2.87. The van der Waals surface area contributed by atoms with Crippen molar-refractivity contribution in [1.29, 1.82) is 0 Å². The minimum Gasteiger partial charge on any atom is -0.372 e. The second kappa shape index (κ2) is 7.50. The van der Waals surface area contributed by atoms with Crippen molar-refractivity contribution in [3.63, 3.8) is 0 Å².